The number of amides is 2. The Morgan fingerprint density at radius 3 is 2.63 bits per heavy atom. The lowest BCUT2D eigenvalue weighted by molar-refractivity contribution is 0.0982. The fourth-order valence-electron chi connectivity index (χ4n) is 4.12. The summed E-state index contributed by atoms with van der Waals surface area (Å²) < 4.78 is 13.9. The molecule has 5 nitrogen and oxygen atoms in total. The summed E-state index contributed by atoms with van der Waals surface area (Å²) in [7, 11) is 0. The summed E-state index contributed by atoms with van der Waals surface area (Å²) in [4.78, 5) is 33.8. The summed E-state index contributed by atoms with van der Waals surface area (Å²) >= 11 is 1.55. The Morgan fingerprint density at radius 1 is 0.971 bits per heavy atom. The molecule has 1 aliphatic rings. The summed E-state index contributed by atoms with van der Waals surface area (Å²) in [6.45, 7) is 3.83. The molecule has 2 heterocycles. The largest absolute Gasteiger partial charge is 0.322 e. The van der Waals surface area contributed by atoms with Crippen molar-refractivity contribution in [1.29, 1.82) is 0 Å². The second-order valence-electron chi connectivity index (χ2n) is 8.32. The van der Waals surface area contributed by atoms with E-state index in [1.54, 1.807) is 54.0 Å². The fourth-order valence-corrected chi connectivity index (χ4v) is 5.13. The molecule has 0 unspecified atom stereocenters. The van der Waals surface area contributed by atoms with E-state index in [4.69, 9.17) is 0 Å². The summed E-state index contributed by atoms with van der Waals surface area (Å²) in [5.74, 6) is -0.976. The molecule has 0 atom stereocenters. The number of nitrogens with one attached hydrogen (secondary N) is 1. The van der Waals surface area contributed by atoms with Crippen LogP contribution in [0.5, 0.6) is 0 Å². The molecule has 2 amide bonds. The Kier molecular flexibility index (Phi) is 6.09. The van der Waals surface area contributed by atoms with Crippen LogP contribution in [0.4, 0.5) is 15.8 Å². The van der Waals surface area contributed by atoms with E-state index in [9.17, 15) is 14.0 Å². The lowest BCUT2D eigenvalue weighted by atomic mass is 10.0. The van der Waals surface area contributed by atoms with E-state index in [0.717, 1.165) is 26.7 Å². The number of carbonyl (C=O) groups is 2. The van der Waals surface area contributed by atoms with E-state index < -0.39 is 11.7 Å². The number of rotatable bonds is 3. The molecule has 0 spiro atoms. The number of fused-ring (bicyclic) bond motifs is 2. The molecular formula is C28H22FN3O2S. The van der Waals surface area contributed by atoms with Crippen LogP contribution in [-0.2, 0) is 6.54 Å². The SMILES string of the molecule is Cc1cc(NC(=O)c2cccc(F)c2C)ccc1C(=O)N1Cc2ccccc2Sc2ncccc21. The standard InChI is InChI=1S/C28H22FN3O2S/c1-17-15-20(31-26(33)22-8-5-9-23(29)18(22)2)12-13-21(17)28(34)32-16-19-7-3-4-11-25(19)35-27-24(32)10-6-14-30-27/h3-15H,16H2,1-2H3,(H,31,33). The molecule has 3 aromatic carbocycles. The van der Waals surface area contributed by atoms with E-state index in [-0.39, 0.29) is 11.5 Å². The number of pyridine rings is 1. The monoisotopic (exact) mass is 483 g/mol. The second kappa shape index (κ2) is 9.35. The molecule has 1 N–H and O–H groups in total. The van der Waals surface area contributed by atoms with Gasteiger partial charge in [-0.3, -0.25) is 9.59 Å². The van der Waals surface area contributed by atoms with E-state index in [0.29, 0.717) is 23.4 Å². The highest BCUT2D eigenvalue weighted by Crippen LogP contribution is 2.40. The second-order valence-corrected chi connectivity index (χ2v) is 9.36. The number of hydrogen-bond acceptors (Lipinski definition) is 4. The highest BCUT2D eigenvalue weighted by molar-refractivity contribution is 7.99. The van der Waals surface area contributed by atoms with Crippen molar-refractivity contribution >= 4 is 35.0 Å². The molecule has 174 valence electrons. The minimum absolute atomic E-state index is 0.145. The first-order valence-electron chi connectivity index (χ1n) is 11.1. The van der Waals surface area contributed by atoms with Crippen molar-refractivity contribution in [3.05, 3.63) is 113 Å². The topological polar surface area (TPSA) is 62.3 Å². The van der Waals surface area contributed by atoms with E-state index in [2.05, 4.69) is 10.3 Å². The molecular weight excluding hydrogens is 461 g/mol. The van der Waals surface area contributed by atoms with Gasteiger partial charge in [0.15, 0.2) is 0 Å². The number of hydrogen-bond donors (Lipinski definition) is 1. The van der Waals surface area contributed by atoms with Gasteiger partial charge in [-0.05, 0) is 79.1 Å². The quantitative estimate of drug-likeness (QED) is 0.366. The first-order valence-corrected chi connectivity index (χ1v) is 11.9. The minimum Gasteiger partial charge on any atom is -0.322 e. The van der Waals surface area contributed by atoms with Crippen LogP contribution in [0.15, 0.2) is 88.9 Å². The predicted octanol–water partition coefficient (Wildman–Crippen LogP) is 6.40. The van der Waals surface area contributed by atoms with Gasteiger partial charge in [-0.2, -0.15) is 0 Å². The number of anilines is 2. The number of nitrogens with zero attached hydrogens (tertiary/aromatic N) is 2. The molecule has 5 rings (SSSR count). The molecule has 0 radical (unpaired) electrons. The lowest BCUT2D eigenvalue weighted by Crippen LogP contribution is -2.31. The van der Waals surface area contributed by atoms with Crippen molar-refractivity contribution in [2.45, 2.75) is 30.3 Å². The van der Waals surface area contributed by atoms with Gasteiger partial charge in [-0.15, -0.1) is 0 Å². The number of benzene rings is 3. The molecule has 1 aromatic heterocycles. The highest BCUT2D eigenvalue weighted by atomic mass is 32.2. The van der Waals surface area contributed by atoms with Crippen LogP contribution < -0.4 is 10.2 Å². The third kappa shape index (κ3) is 4.42. The van der Waals surface area contributed by atoms with Crippen LogP contribution in [-0.4, -0.2) is 16.8 Å². The summed E-state index contributed by atoms with van der Waals surface area (Å²) in [6.07, 6.45) is 1.73. The summed E-state index contributed by atoms with van der Waals surface area (Å²) in [5, 5.41) is 3.58. The Balaban J connectivity index is 1.44. The van der Waals surface area contributed by atoms with Gasteiger partial charge in [0.25, 0.3) is 11.8 Å². The Bertz CT molecular complexity index is 1470. The van der Waals surface area contributed by atoms with Crippen molar-refractivity contribution < 1.29 is 14.0 Å². The smallest absolute Gasteiger partial charge is 0.258 e. The zero-order valence-electron chi connectivity index (χ0n) is 19.2. The maximum atomic E-state index is 13.9. The molecule has 4 aromatic rings. The third-order valence-corrected chi connectivity index (χ3v) is 7.15. The van der Waals surface area contributed by atoms with Gasteiger partial charge in [0, 0.05) is 27.9 Å². The summed E-state index contributed by atoms with van der Waals surface area (Å²) in [5.41, 5.74) is 4.16. The average molecular weight is 484 g/mol. The number of aryl methyl sites for hydroxylation is 1. The van der Waals surface area contributed by atoms with Gasteiger partial charge in [0.05, 0.1) is 12.2 Å². The van der Waals surface area contributed by atoms with Crippen molar-refractivity contribution in [2.75, 3.05) is 10.2 Å². The first kappa shape index (κ1) is 22.8. The lowest BCUT2D eigenvalue weighted by Gasteiger charge is -2.23. The molecule has 0 aliphatic carbocycles. The van der Waals surface area contributed by atoms with Crippen molar-refractivity contribution in [3.8, 4) is 0 Å². The Hall–Kier alpha value is -3.97. The van der Waals surface area contributed by atoms with E-state index in [1.165, 1.54) is 12.1 Å². The summed E-state index contributed by atoms with van der Waals surface area (Å²) in [6, 6.07) is 21.3. The Labute approximate surface area is 207 Å². The van der Waals surface area contributed by atoms with Crippen molar-refractivity contribution in [2.24, 2.45) is 0 Å². The molecule has 0 saturated heterocycles. The van der Waals surface area contributed by atoms with E-state index in [1.807, 2.05) is 43.3 Å². The zero-order valence-corrected chi connectivity index (χ0v) is 20.0. The van der Waals surface area contributed by atoms with Crippen LogP contribution in [0.2, 0.25) is 0 Å². The first-order chi connectivity index (χ1) is 16.9. The van der Waals surface area contributed by atoms with Gasteiger partial charge < -0.3 is 10.2 Å². The van der Waals surface area contributed by atoms with Crippen LogP contribution in [0, 0.1) is 19.7 Å². The van der Waals surface area contributed by atoms with E-state index >= 15 is 0 Å². The molecule has 1 aliphatic heterocycles. The van der Waals surface area contributed by atoms with Crippen LogP contribution in [0.1, 0.15) is 37.4 Å². The molecule has 7 heteroatoms. The fraction of sp³-hybridized carbons (Fsp3) is 0.107. The predicted molar refractivity (Wildman–Crippen MR) is 136 cm³/mol. The molecule has 35 heavy (non-hydrogen) atoms. The maximum Gasteiger partial charge on any atom is 0.258 e. The Morgan fingerprint density at radius 2 is 1.80 bits per heavy atom. The van der Waals surface area contributed by atoms with Crippen molar-refractivity contribution in [1.82, 2.24) is 4.98 Å². The molecule has 0 bridgehead atoms. The van der Waals surface area contributed by atoms with Crippen LogP contribution >= 0.6 is 11.8 Å². The molecule has 0 saturated carbocycles. The highest BCUT2D eigenvalue weighted by Gasteiger charge is 2.27. The van der Waals surface area contributed by atoms with Gasteiger partial charge in [0.2, 0.25) is 0 Å². The average Bonchev–Trinajstić information content (AvgIpc) is 3.02. The van der Waals surface area contributed by atoms with Crippen LogP contribution in [0.25, 0.3) is 0 Å². The van der Waals surface area contributed by atoms with Crippen molar-refractivity contribution in [3.63, 3.8) is 0 Å². The normalized spacial score (nSPS) is 12.4. The van der Waals surface area contributed by atoms with Crippen LogP contribution in [0.3, 0.4) is 0 Å². The van der Waals surface area contributed by atoms with Gasteiger partial charge in [-0.25, -0.2) is 9.37 Å². The maximum absolute atomic E-state index is 13.9. The minimum atomic E-state index is -0.429. The third-order valence-electron chi connectivity index (χ3n) is 6.02. The van der Waals surface area contributed by atoms with Gasteiger partial charge in [0.1, 0.15) is 10.8 Å². The van der Waals surface area contributed by atoms with Gasteiger partial charge in [-0.1, -0.05) is 36.0 Å². The number of aromatic nitrogens is 1. The molecule has 0 fully saturated rings. The van der Waals surface area contributed by atoms with Gasteiger partial charge >= 0.3 is 0 Å². The number of halogens is 1. The number of carbonyl (C=O) groups excluding carboxylic acids is 2. The zero-order chi connectivity index (χ0) is 24.5.